The minimum Gasteiger partial charge on any atom is -0.324 e. The molecule has 0 saturated carbocycles. The fourth-order valence-electron chi connectivity index (χ4n) is 3.45. The summed E-state index contributed by atoms with van der Waals surface area (Å²) in [6.45, 7) is 1.26. The van der Waals surface area contributed by atoms with Gasteiger partial charge in [-0.15, -0.1) is 0 Å². The largest absolute Gasteiger partial charge is 0.324 e. The van der Waals surface area contributed by atoms with Crippen molar-refractivity contribution in [1.82, 2.24) is 4.90 Å². The summed E-state index contributed by atoms with van der Waals surface area (Å²) in [6, 6.07) is 7.61. The maximum atomic E-state index is 12.5. The Balaban J connectivity index is 1.77. The highest BCUT2D eigenvalue weighted by atomic mass is 32.2. The molecule has 22 heavy (non-hydrogen) atoms. The molecule has 2 aliphatic heterocycles. The average Bonchev–Trinajstić information content (AvgIpc) is 2.65. The number of hydrogen-bond donors (Lipinski definition) is 1. The third-order valence-electron chi connectivity index (χ3n) is 4.72. The first-order valence-corrected chi connectivity index (χ1v) is 9.72. The normalized spacial score (nSPS) is 26.9. The SMILES string of the molecule is CS(=O)(=O)[C@@H]1CCCN([C@@H]2CCc3ccccc3NC2=O)C1. The summed E-state index contributed by atoms with van der Waals surface area (Å²) in [4.78, 5) is 14.6. The number of piperidine rings is 1. The average molecular weight is 322 g/mol. The minimum absolute atomic E-state index is 0.0147. The van der Waals surface area contributed by atoms with Crippen molar-refractivity contribution in [3.63, 3.8) is 0 Å². The number of hydrogen-bond acceptors (Lipinski definition) is 4. The Morgan fingerprint density at radius 3 is 2.77 bits per heavy atom. The van der Waals surface area contributed by atoms with Gasteiger partial charge in [0.1, 0.15) is 0 Å². The number of carbonyl (C=O) groups excluding carboxylic acids is 1. The lowest BCUT2D eigenvalue weighted by Crippen LogP contribution is -2.51. The quantitative estimate of drug-likeness (QED) is 0.895. The molecule has 6 heteroatoms. The molecule has 2 aliphatic rings. The summed E-state index contributed by atoms with van der Waals surface area (Å²) in [5.41, 5.74) is 2.03. The first-order valence-electron chi connectivity index (χ1n) is 7.77. The van der Waals surface area contributed by atoms with Crippen LogP contribution < -0.4 is 5.32 Å². The topological polar surface area (TPSA) is 66.5 Å². The monoisotopic (exact) mass is 322 g/mol. The second-order valence-corrected chi connectivity index (χ2v) is 8.62. The van der Waals surface area contributed by atoms with Gasteiger partial charge in [-0.1, -0.05) is 18.2 Å². The van der Waals surface area contributed by atoms with Crippen LogP contribution in [-0.4, -0.2) is 49.9 Å². The Hall–Kier alpha value is -1.40. The molecule has 120 valence electrons. The lowest BCUT2D eigenvalue weighted by atomic mass is 10.0. The van der Waals surface area contributed by atoms with E-state index in [-0.39, 0.29) is 17.2 Å². The Morgan fingerprint density at radius 1 is 1.23 bits per heavy atom. The Labute approximate surface area is 131 Å². The van der Waals surface area contributed by atoms with Gasteiger partial charge in [0, 0.05) is 18.5 Å². The van der Waals surface area contributed by atoms with E-state index >= 15 is 0 Å². The van der Waals surface area contributed by atoms with Crippen LogP contribution >= 0.6 is 0 Å². The van der Waals surface area contributed by atoms with Gasteiger partial charge in [0.25, 0.3) is 0 Å². The number of anilines is 1. The molecular formula is C16H22N2O3S. The van der Waals surface area contributed by atoms with Crippen LogP contribution in [0.25, 0.3) is 0 Å². The van der Waals surface area contributed by atoms with Crippen molar-refractivity contribution < 1.29 is 13.2 Å². The Kier molecular flexibility index (Phi) is 4.23. The number of carbonyl (C=O) groups is 1. The van der Waals surface area contributed by atoms with E-state index in [2.05, 4.69) is 10.2 Å². The van der Waals surface area contributed by atoms with Gasteiger partial charge in [-0.25, -0.2) is 8.42 Å². The highest BCUT2D eigenvalue weighted by Crippen LogP contribution is 2.26. The number of benzene rings is 1. The zero-order valence-electron chi connectivity index (χ0n) is 12.8. The van der Waals surface area contributed by atoms with Crippen LogP contribution in [0.2, 0.25) is 0 Å². The molecule has 1 amide bonds. The second-order valence-electron chi connectivity index (χ2n) is 6.29. The summed E-state index contributed by atoms with van der Waals surface area (Å²) >= 11 is 0. The van der Waals surface area contributed by atoms with E-state index in [1.54, 1.807) is 0 Å². The summed E-state index contributed by atoms with van der Waals surface area (Å²) in [6.07, 6.45) is 4.39. The molecule has 1 N–H and O–H groups in total. The maximum Gasteiger partial charge on any atom is 0.241 e. The Morgan fingerprint density at radius 2 is 2.00 bits per heavy atom. The van der Waals surface area contributed by atoms with Gasteiger partial charge in [0.2, 0.25) is 5.91 Å². The van der Waals surface area contributed by atoms with Crippen molar-refractivity contribution in [3.8, 4) is 0 Å². The van der Waals surface area contributed by atoms with Gasteiger partial charge >= 0.3 is 0 Å². The zero-order valence-corrected chi connectivity index (χ0v) is 13.6. The van der Waals surface area contributed by atoms with Crippen LogP contribution in [0, 0.1) is 0 Å². The van der Waals surface area contributed by atoms with Crippen molar-refractivity contribution >= 4 is 21.4 Å². The van der Waals surface area contributed by atoms with Gasteiger partial charge in [-0.2, -0.15) is 0 Å². The number of aryl methyl sites for hydroxylation is 1. The van der Waals surface area contributed by atoms with Crippen LogP contribution in [-0.2, 0) is 21.1 Å². The smallest absolute Gasteiger partial charge is 0.241 e. The standard InChI is InChI=1S/C16H22N2O3S/c1-22(20,21)13-6-4-10-18(11-13)15-9-8-12-5-2-3-7-14(12)17-16(15)19/h2-3,5,7,13,15H,4,6,8-11H2,1H3,(H,17,19)/t13-,15-/m1/s1. The molecule has 1 aromatic rings. The first-order chi connectivity index (χ1) is 10.4. The second kappa shape index (κ2) is 6.01. The minimum atomic E-state index is -3.05. The number of rotatable bonds is 2. The molecule has 0 spiro atoms. The van der Waals surface area contributed by atoms with Gasteiger partial charge in [-0.05, 0) is 43.9 Å². The molecule has 2 atom stereocenters. The lowest BCUT2D eigenvalue weighted by Gasteiger charge is -2.36. The predicted octanol–water partition coefficient (Wildman–Crippen LogP) is 1.45. The maximum absolute atomic E-state index is 12.5. The van der Waals surface area contributed by atoms with E-state index in [0.29, 0.717) is 13.0 Å². The van der Waals surface area contributed by atoms with Crippen LogP contribution in [0.15, 0.2) is 24.3 Å². The van der Waals surface area contributed by atoms with Crippen LogP contribution in [0.1, 0.15) is 24.8 Å². The molecule has 0 unspecified atom stereocenters. The molecule has 0 bridgehead atoms. The Bertz CT molecular complexity index is 672. The van der Waals surface area contributed by atoms with E-state index in [9.17, 15) is 13.2 Å². The number of nitrogens with zero attached hydrogens (tertiary/aromatic N) is 1. The van der Waals surface area contributed by atoms with E-state index in [1.807, 2.05) is 24.3 Å². The highest BCUT2D eigenvalue weighted by Gasteiger charge is 2.35. The summed E-state index contributed by atoms with van der Waals surface area (Å²) in [5, 5.41) is 2.65. The van der Waals surface area contributed by atoms with Crippen molar-refractivity contribution in [2.75, 3.05) is 24.7 Å². The van der Waals surface area contributed by atoms with E-state index < -0.39 is 9.84 Å². The number of amides is 1. The molecule has 0 aromatic heterocycles. The lowest BCUT2D eigenvalue weighted by molar-refractivity contribution is -0.121. The molecule has 1 fully saturated rings. The van der Waals surface area contributed by atoms with Crippen LogP contribution in [0.5, 0.6) is 0 Å². The predicted molar refractivity (Wildman–Crippen MR) is 86.6 cm³/mol. The number of para-hydroxylation sites is 1. The molecule has 1 saturated heterocycles. The molecule has 1 aromatic carbocycles. The number of fused-ring (bicyclic) bond motifs is 1. The summed E-state index contributed by atoms with van der Waals surface area (Å²) in [7, 11) is -3.05. The summed E-state index contributed by atoms with van der Waals surface area (Å²) in [5.74, 6) is -0.0147. The van der Waals surface area contributed by atoms with Crippen molar-refractivity contribution in [3.05, 3.63) is 29.8 Å². The first kappa shape index (κ1) is 15.5. The van der Waals surface area contributed by atoms with E-state index in [4.69, 9.17) is 0 Å². The van der Waals surface area contributed by atoms with Crippen molar-refractivity contribution in [2.45, 2.75) is 37.0 Å². The fraction of sp³-hybridized carbons (Fsp3) is 0.562. The number of likely N-dealkylation sites (tertiary alicyclic amines) is 1. The number of nitrogens with one attached hydrogen (secondary N) is 1. The van der Waals surface area contributed by atoms with Crippen molar-refractivity contribution in [1.29, 1.82) is 0 Å². The molecule has 0 aliphatic carbocycles. The molecule has 2 heterocycles. The molecule has 5 nitrogen and oxygen atoms in total. The van der Waals surface area contributed by atoms with Crippen molar-refractivity contribution in [2.24, 2.45) is 0 Å². The summed E-state index contributed by atoms with van der Waals surface area (Å²) < 4.78 is 23.6. The molecule has 3 rings (SSSR count). The zero-order chi connectivity index (χ0) is 15.7. The van der Waals surface area contributed by atoms with Crippen LogP contribution in [0.4, 0.5) is 5.69 Å². The van der Waals surface area contributed by atoms with Gasteiger partial charge in [-0.3, -0.25) is 9.69 Å². The van der Waals surface area contributed by atoms with Gasteiger partial charge in [0.05, 0.1) is 11.3 Å². The van der Waals surface area contributed by atoms with Crippen LogP contribution in [0.3, 0.4) is 0 Å². The number of sulfone groups is 1. The van der Waals surface area contributed by atoms with Gasteiger partial charge in [0.15, 0.2) is 9.84 Å². The van der Waals surface area contributed by atoms with E-state index in [0.717, 1.165) is 37.1 Å². The molecule has 0 radical (unpaired) electrons. The third-order valence-corrected chi connectivity index (χ3v) is 6.32. The fourth-order valence-corrected chi connectivity index (χ4v) is 4.50. The highest BCUT2D eigenvalue weighted by molar-refractivity contribution is 7.91. The molecular weight excluding hydrogens is 300 g/mol. The third kappa shape index (κ3) is 3.17. The van der Waals surface area contributed by atoms with E-state index in [1.165, 1.54) is 6.26 Å². The van der Waals surface area contributed by atoms with Gasteiger partial charge < -0.3 is 5.32 Å².